The summed E-state index contributed by atoms with van der Waals surface area (Å²) in [6, 6.07) is 0. The Kier molecular flexibility index (Phi) is 5.06. The number of hydrogen-bond donors (Lipinski definition) is 1. The van der Waals surface area contributed by atoms with Gasteiger partial charge in [-0.2, -0.15) is 0 Å². The van der Waals surface area contributed by atoms with Crippen molar-refractivity contribution in [3.63, 3.8) is 0 Å². The molecule has 0 atom stereocenters. The van der Waals surface area contributed by atoms with Crippen LogP contribution in [0, 0.1) is 6.92 Å². The molecule has 41 valence electrons. The van der Waals surface area contributed by atoms with Gasteiger partial charge in [-0.25, -0.2) is 0 Å². The summed E-state index contributed by atoms with van der Waals surface area (Å²) in [5.74, 6) is 0. The van der Waals surface area contributed by atoms with Gasteiger partial charge in [0.25, 0.3) is 0 Å². The second kappa shape index (κ2) is 5.47. The average Bonchev–Trinajstić information content (AvgIpc) is 1.69. The molecule has 0 bridgehead atoms. The van der Waals surface area contributed by atoms with Gasteiger partial charge in [0.2, 0.25) is 0 Å². The molecule has 0 aromatic carbocycles. The molecule has 2 heteroatoms. The van der Waals surface area contributed by atoms with Gasteiger partial charge in [0.15, 0.2) is 0 Å². The number of unbranched alkanes of at least 4 members (excludes halogenated alkanes) is 2. The molecule has 0 saturated carbocycles. The quantitative estimate of drug-likeness (QED) is 0.247. The Labute approximate surface area is 43.8 Å². The lowest BCUT2D eigenvalue weighted by Gasteiger charge is -1.82. The van der Waals surface area contributed by atoms with Crippen LogP contribution in [0.2, 0.25) is 0 Å². The van der Waals surface area contributed by atoms with Gasteiger partial charge in [0.1, 0.15) is 0 Å². The lowest BCUT2D eigenvalue weighted by atomic mass is 10.3. The predicted molar refractivity (Wildman–Crippen MR) is 29.5 cm³/mol. The van der Waals surface area contributed by atoms with E-state index in [2.05, 4.69) is 12.1 Å². The first kappa shape index (κ1) is 6.47. The van der Waals surface area contributed by atoms with E-state index >= 15 is 0 Å². The predicted octanol–water partition coefficient (Wildman–Crippen LogP) is 1.45. The van der Waals surface area contributed by atoms with Gasteiger partial charge in [0.05, 0.1) is 0 Å². The van der Waals surface area contributed by atoms with Crippen molar-refractivity contribution in [2.75, 3.05) is 0 Å². The van der Waals surface area contributed by atoms with Crippen molar-refractivity contribution in [1.29, 1.82) is 0 Å². The summed E-state index contributed by atoms with van der Waals surface area (Å²) in [6.07, 6.45) is 4.22. The Morgan fingerprint density at radius 1 is 1.71 bits per heavy atom. The van der Waals surface area contributed by atoms with Crippen LogP contribution in [0.3, 0.4) is 0 Å². The summed E-state index contributed by atoms with van der Waals surface area (Å²) in [7, 11) is 0. The Bertz CT molecular complexity index is 52.0. The van der Waals surface area contributed by atoms with E-state index in [1.54, 1.807) is 0 Å². The molecule has 0 amide bonds. The maximum absolute atomic E-state index is 7.84. The Morgan fingerprint density at radius 3 is 2.86 bits per heavy atom. The largest absolute Gasteiger partial charge is 0.411 e. The van der Waals surface area contributed by atoms with E-state index in [4.69, 9.17) is 5.21 Å². The van der Waals surface area contributed by atoms with Crippen LogP contribution in [0.4, 0.5) is 0 Å². The molecule has 0 unspecified atom stereocenters. The summed E-state index contributed by atoms with van der Waals surface area (Å²) >= 11 is 0. The van der Waals surface area contributed by atoms with Crippen molar-refractivity contribution >= 4 is 6.21 Å². The molecule has 1 radical (unpaired) electrons. The van der Waals surface area contributed by atoms with Gasteiger partial charge in [-0.3, -0.25) is 0 Å². The standard InChI is InChI=1S/C5H10NO/c1-2-3-4-5-6-7/h5,7H,1-4H2/b6-5+. The summed E-state index contributed by atoms with van der Waals surface area (Å²) in [5, 5.41) is 10.7. The summed E-state index contributed by atoms with van der Waals surface area (Å²) in [6.45, 7) is 3.61. The van der Waals surface area contributed by atoms with Gasteiger partial charge < -0.3 is 5.21 Å². The molecule has 1 N–H and O–H groups in total. The molecule has 0 aliphatic heterocycles. The van der Waals surface area contributed by atoms with Crippen LogP contribution in [0.15, 0.2) is 5.16 Å². The van der Waals surface area contributed by atoms with Crippen LogP contribution in [0.1, 0.15) is 19.3 Å². The molecular weight excluding hydrogens is 90.1 g/mol. The number of rotatable bonds is 3. The van der Waals surface area contributed by atoms with Crippen molar-refractivity contribution in [2.24, 2.45) is 5.16 Å². The third-order valence-electron chi connectivity index (χ3n) is 0.665. The van der Waals surface area contributed by atoms with Gasteiger partial charge in [-0.05, 0) is 12.8 Å². The molecule has 0 spiro atoms. The average molecular weight is 100 g/mol. The molecule has 0 aromatic rings. The van der Waals surface area contributed by atoms with Crippen molar-refractivity contribution in [1.82, 2.24) is 0 Å². The second-order valence-electron chi connectivity index (χ2n) is 1.29. The van der Waals surface area contributed by atoms with E-state index in [-0.39, 0.29) is 0 Å². The van der Waals surface area contributed by atoms with Crippen LogP contribution in [0.5, 0.6) is 0 Å². The maximum Gasteiger partial charge on any atom is 0.0435 e. The highest BCUT2D eigenvalue weighted by atomic mass is 16.4. The van der Waals surface area contributed by atoms with Crippen LogP contribution >= 0.6 is 0 Å². The molecule has 0 saturated heterocycles. The van der Waals surface area contributed by atoms with Gasteiger partial charge in [-0.15, -0.1) is 5.16 Å². The van der Waals surface area contributed by atoms with Crippen LogP contribution in [-0.4, -0.2) is 11.4 Å². The Hall–Kier alpha value is -0.530. The molecule has 0 aromatic heterocycles. The normalized spacial score (nSPS) is 10.4. The second-order valence-corrected chi connectivity index (χ2v) is 1.29. The zero-order valence-electron chi connectivity index (χ0n) is 4.30. The van der Waals surface area contributed by atoms with Crippen molar-refractivity contribution < 1.29 is 5.21 Å². The third kappa shape index (κ3) is 5.47. The number of nitrogens with zero attached hydrogens (tertiary/aromatic N) is 1. The highest BCUT2D eigenvalue weighted by Gasteiger charge is 1.75. The van der Waals surface area contributed by atoms with Crippen LogP contribution in [-0.2, 0) is 0 Å². The minimum Gasteiger partial charge on any atom is -0.411 e. The third-order valence-corrected chi connectivity index (χ3v) is 0.665. The SMILES string of the molecule is [CH2]CCC/C=N/O. The first-order chi connectivity index (χ1) is 3.41. The van der Waals surface area contributed by atoms with E-state index in [0.29, 0.717) is 0 Å². The minimum absolute atomic E-state index is 0.833. The Balaban J connectivity index is 2.69. The van der Waals surface area contributed by atoms with E-state index in [1.807, 2.05) is 0 Å². The summed E-state index contributed by atoms with van der Waals surface area (Å²) in [4.78, 5) is 0. The highest BCUT2D eigenvalue weighted by molar-refractivity contribution is 5.55. The topological polar surface area (TPSA) is 32.6 Å². The zero-order valence-corrected chi connectivity index (χ0v) is 4.30. The molecule has 7 heavy (non-hydrogen) atoms. The fraction of sp³-hybridized carbons (Fsp3) is 0.600. The number of oxime groups is 1. The van der Waals surface area contributed by atoms with Crippen LogP contribution < -0.4 is 0 Å². The smallest absolute Gasteiger partial charge is 0.0435 e. The first-order valence-electron chi connectivity index (χ1n) is 2.37. The molecule has 2 nitrogen and oxygen atoms in total. The van der Waals surface area contributed by atoms with Gasteiger partial charge in [0, 0.05) is 6.21 Å². The van der Waals surface area contributed by atoms with E-state index in [0.717, 1.165) is 19.3 Å². The number of hydrogen-bond acceptors (Lipinski definition) is 2. The highest BCUT2D eigenvalue weighted by Crippen LogP contribution is 1.87. The van der Waals surface area contributed by atoms with Crippen molar-refractivity contribution in [3.8, 4) is 0 Å². The fourth-order valence-corrected chi connectivity index (χ4v) is 0.293. The van der Waals surface area contributed by atoms with Crippen LogP contribution in [0.25, 0.3) is 0 Å². The molecule has 0 heterocycles. The molecule has 0 rings (SSSR count). The summed E-state index contributed by atoms with van der Waals surface area (Å²) < 4.78 is 0. The van der Waals surface area contributed by atoms with Gasteiger partial charge in [-0.1, -0.05) is 13.3 Å². The molecule has 0 fully saturated rings. The van der Waals surface area contributed by atoms with Crippen molar-refractivity contribution in [3.05, 3.63) is 6.92 Å². The monoisotopic (exact) mass is 100 g/mol. The lowest BCUT2D eigenvalue weighted by Crippen LogP contribution is -1.72. The Morgan fingerprint density at radius 2 is 2.43 bits per heavy atom. The maximum atomic E-state index is 7.84. The first-order valence-corrected chi connectivity index (χ1v) is 2.37. The summed E-state index contributed by atoms with van der Waals surface area (Å²) in [5.41, 5.74) is 0. The molecule has 0 aliphatic carbocycles. The minimum atomic E-state index is 0.833. The lowest BCUT2D eigenvalue weighted by molar-refractivity contribution is 0.320. The zero-order chi connectivity index (χ0) is 5.54. The molecular formula is C5H10NO. The van der Waals surface area contributed by atoms with E-state index in [1.165, 1.54) is 6.21 Å². The van der Waals surface area contributed by atoms with Gasteiger partial charge >= 0.3 is 0 Å². The van der Waals surface area contributed by atoms with Crippen molar-refractivity contribution in [2.45, 2.75) is 19.3 Å². The fourth-order valence-electron chi connectivity index (χ4n) is 0.293. The molecule has 0 aliphatic rings. The van der Waals surface area contributed by atoms with E-state index < -0.39 is 0 Å². The van der Waals surface area contributed by atoms with E-state index in [9.17, 15) is 0 Å².